The summed E-state index contributed by atoms with van der Waals surface area (Å²) in [6.45, 7) is 12.5. The average molecular weight is 657 g/mol. The molecule has 1 aliphatic heterocycles. The predicted octanol–water partition coefficient (Wildman–Crippen LogP) is 10.3. The van der Waals surface area contributed by atoms with Gasteiger partial charge in [-0.15, -0.1) is 0 Å². The summed E-state index contributed by atoms with van der Waals surface area (Å²) >= 11 is 0. The van der Waals surface area contributed by atoms with Crippen molar-refractivity contribution in [1.82, 2.24) is 9.88 Å². The van der Waals surface area contributed by atoms with E-state index < -0.39 is 6.04 Å². The normalized spacial score (nSPS) is 13.7. The van der Waals surface area contributed by atoms with Crippen LogP contribution in [0.1, 0.15) is 139 Å². The van der Waals surface area contributed by atoms with Gasteiger partial charge in [0.1, 0.15) is 6.04 Å². The van der Waals surface area contributed by atoms with Gasteiger partial charge in [-0.1, -0.05) is 109 Å². The van der Waals surface area contributed by atoms with Crippen LogP contribution in [-0.2, 0) is 29.0 Å². The number of unbranched alkanes of at least 4 members (excludes halogenated alkanes) is 7. The Bertz CT molecular complexity index is 1450. The number of amides is 2. The van der Waals surface area contributed by atoms with Crippen molar-refractivity contribution in [3.8, 4) is 0 Å². The van der Waals surface area contributed by atoms with Gasteiger partial charge in [-0.3, -0.25) is 14.6 Å². The SMILES string of the molecule is C/C=C/c1ccc(NC(=O)C(CCCCC)NC(=O)c2ccc3c(CCCCCCCC)c4n(c3c2)CCCCOC=NC4)cc1.CC. The molecule has 0 radical (unpaired) electrons. The number of allylic oxidation sites excluding steroid dienone is 1. The number of anilines is 1. The molecule has 0 fully saturated rings. The van der Waals surface area contributed by atoms with Gasteiger partial charge in [0, 0.05) is 34.4 Å². The number of ether oxygens (including phenoxy) is 1. The van der Waals surface area contributed by atoms with E-state index in [1.807, 2.05) is 69.3 Å². The van der Waals surface area contributed by atoms with Crippen LogP contribution in [0.15, 0.2) is 53.5 Å². The van der Waals surface area contributed by atoms with Crippen LogP contribution in [0.2, 0.25) is 0 Å². The summed E-state index contributed by atoms with van der Waals surface area (Å²) in [7, 11) is 0. The quantitative estimate of drug-likeness (QED) is 0.151. The molecule has 7 heteroatoms. The third kappa shape index (κ3) is 11.7. The number of hydrogen-bond donors (Lipinski definition) is 2. The van der Waals surface area contributed by atoms with E-state index in [2.05, 4.69) is 40.1 Å². The van der Waals surface area contributed by atoms with E-state index in [0.717, 1.165) is 68.3 Å². The van der Waals surface area contributed by atoms with Gasteiger partial charge in [0.05, 0.1) is 13.2 Å². The second kappa shape index (κ2) is 21.9. The van der Waals surface area contributed by atoms with E-state index in [4.69, 9.17) is 4.74 Å². The van der Waals surface area contributed by atoms with E-state index in [1.54, 1.807) is 6.40 Å². The first kappa shape index (κ1) is 38.6. The first-order valence-electron chi connectivity index (χ1n) is 18.6. The average Bonchev–Trinajstić information content (AvgIpc) is 3.40. The molecule has 2 aromatic carbocycles. The Morgan fingerprint density at radius 2 is 1.67 bits per heavy atom. The Labute approximate surface area is 289 Å². The number of aryl methyl sites for hydroxylation is 2. The number of fused-ring (bicyclic) bond motifs is 3. The molecule has 262 valence electrons. The van der Waals surface area contributed by atoms with Crippen molar-refractivity contribution < 1.29 is 14.3 Å². The zero-order valence-electron chi connectivity index (χ0n) is 30.3. The van der Waals surface area contributed by atoms with E-state index >= 15 is 0 Å². The van der Waals surface area contributed by atoms with Crippen LogP contribution in [0.5, 0.6) is 0 Å². The minimum atomic E-state index is -0.622. The maximum Gasteiger partial charge on any atom is 0.252 e. The molecule has 0 saturated heterocycles. The van der Waals surface area contributed by atoms with Crippen molar-refractivity contribution >= 4 is 40.9 Å². The van der Waals surface area contributed by atoms with Gasteiger partial charge < -0.3 is 19.9 Å². The highest BCUT2D eigenvalue weighted by Gasteiger charge is 2.23. The third-order valence-electron chi connectivity index (χ3n) is 8.87. The molecule has 1 atom stereocenters. The van der Waals surface area contributed by atoms with Gasteiger partial charge >= 0.3 is 0 Å². The Balaban J connectivity index is 0.00000307. The Kier molecular flexibility index (Phi) is 17.6. The molecular formula is C41H60N4O3. The summed E-state index contributed by atoms with van der Waals surface area (Å²) < 4.78 is 7.96. The first-order chi connectivity index (χ1) is 23.5. The van der Waals surface area contributed by atoms with E-state index in [1.165, 1.54) is 48.7 Å². The maximum atomic E-state index is 13.8. The lowest BCUT2D eigenvalue weighted by atomic mass is 10.0. The van der Waals surface area contributed by atoms with Crippen molar-refractivity contribution in [2.24, 2.45) is 4.99 Å². The fourth-order valence-electron chi connectivity index (χ4n) is 6.31. The van der Waals surface area contributed by atoms with Gasteiger partial charge in [-0.25, -0.2) is 0 Å². The number of hydrogen-bond acceptors (Lipinski definition) is 4. The fourth-order valence-corrected chi connectivity index (χ4v) is 6.31. The van der Waals surface area contributed by atoms with Crippen molar-refractivity contribution in [2.45, 2.75) is 137 Å². The van der Waals surface area contributed by atoms with Crippen LogP contribution in [0.25, 0.3) is 17.0 Å². The lowest BCUT2D eigenvalue weighted by Crippen LogP contribution is -2.43. The summed E-state index contributed by atoms with van der Waals surface area (Å²) in [6, 6.07) is 13.2. The van der Waals surface area contributed by atoms with Crippen LogP contribution < -0.4 is 10.6 Å². The van der Waals surface area contributed by atoms with Crippen LogP contribution in [-0.4, -0.2) is 35.4 Å². The van der Waals surface area contributed by atoms with E-state index in [9.17, 15) is 9.59 Å². The summed E-state index contributed by atoms with van der Waals surface area (Å²) in [4.78, 5) is 31.8. The summed E-state index contributed by atoms with van der Waals surface area (Å²) in [5, 5.41) is 7.31. The highest BCUT2D eigenvalue weighted by atomic mass is 16.5. The third-order valence-corrected chi connectivity index (χ3v) is 8.87. The van der Waals surface area contributed by atoms with Gasteiger partial charge in [0.25, 0.3) is 5.91 Å². The Morgan fingerprint density at radius 3 is 2.42 bits per heavy atom. The predicted molar refractivity (Wildman–Crippen MR) is 203 cm³/mol. The number of nitrogens with zero attached hydrogens (tertiary/aromatic N) is 2. The zero-order chi connectivity index (χ0) is 34.6. The van der Waals surface area contributed by atoms with Crippen LogP contribution in [0.4, 0.5) is 5.69 Å². The summed E-state index contributed by atoms with van der Waals surface area (Å²) in [5.74, 6) is -0.410. The van der Waals surface area contributed by atoms with Crippen molar-refractivity contribution in [1.29, 1.82) is 0 Å². The number of carbonyl (C=O) groups is 2. The molecule has 4 rings (SSSR count). The molecule has 1 aromatic heterocycles. The van der Waals surface area contributed by atoms with Gasteiger partial charge in [0.15, 0.2) is 6.40 Å². The molecule has 0 spiro atoms. The fraction of sp³-hybridized carbons (Fsp3) is 0.537. The molecule has 1 aliphatic rings. The monoisotopic (exact) mass is 656 g/mol. The highest BCUT2D eigenvalue weighted by Crippen LogP contribution is 2.31. The lowest BCUT2D eigenvalue weighted by molar-refractivity contribution is -0.118. The molecule has 7 nitrogen and oxygen atoms in total. The standard InChI is InChI=1S/C39H54N4O3.C2H6/c1-4-7-9-10-11-13-17-33-34-24-21-31(27-36(34)43-25-14-15-26-46-29-40-28-37(33)43)38(44)42-35(18-12-8-5-2)39(45)41-32-22-19-30(16-6-3)20-23-32;1-2/h6,16,19-24,27,29,35H,4-5,7-15,17-18,25-26,28H2,1-3H3,(H,41,45)(H,42,44);1-2H3/b16-6+,40-29?;. The second-order valence-corrected chi connectivity index (χ2v) is 12.5. The zero-order valence-corrected chi connectivity index (χ0v) is 30.3. The number of aromatic nitrogens is 1. The minimum Gasteiger partial charge on any atom is -0.483 e. The van der Waals surface area contributed by atoms with Crippen LogP contribution in [0.3, 0.4) is 0 Å². The number of nitrogens with one attached hydrogen (secondary N) is 2. The molecule has 2 amide bonds. The smallest absolute Gasteiger partial charge is 0.252 e. The molecule has 2 heterocycles. The highest BCUT2D eigenvalue weighted by molar-refractivity contribution is 6.03. The molecule has 0 bridgehead atoms. The van der Waals surface area contributed by atoms with Gasteiger partial charge in [-0.05, 0) is 74.4 Å². The molecule has 2 N–H and O–H groups in total. The topological polar surface area (TPSA) is 84.7 Å². The second-order valence-electron chi connectivity index (χ2n) is 12.5. The Morgan fingerprint density at radius 1 is 0.938 bits per heavy atom. The molecule has 48 heavy (non-hydrogen) atoms. The van der Waals surface area contributed by atoms with Crippen molar-refractivity contribution in [3.05, 3.63) is 70.9 Å². The van der Waals surface area contributed by atoms with E-state index in [0.29, 0.717) is 25.1 Å². The first-order valence-corrected chi connectivity index (χ1v) is 18.6. The largest absolute Gasteiger partial charge is 0.483 e. The molecule has 3 aromatic rings. The molecule has 1 unspecified atom stereocenters. The van der Waals surface area contributed by atoms with Crippen molar-refractivity contribution in [3.63, 3.8) is 0 Å². The maximum absolute atomic E-state index is 13.8. The van der Waals surface area contributed by atoms with E-state index in [-0.39, 0.29) is 11.8 Å². The lowest BCUT2D eigenvalue weighted by Gasteiger charge is -2.19. The van der Waals surface area contributed by atoms with Gasteiger partial charge in [-0.2, -0.15) is 0 Å². The van der Waals surface area contributed by atoms with Crippen LogP contribution >= 0.6 is 0 Å². The number of benzene rings is 2. The summed E-state index contributed by atoms with van der Waals surface area (Å²) in [5.41, 5.74) is 6.01. The molecular weight excluding hydrogens is 596 g/mol. The number of rotatable bonds is 16. The van der Waals surface area contributed by atoms with Crippen molar-refractivity contribution in [2.75, 3.05) is 11.9 Å². The van der Waals surface area contributed by atoms with Gasteiger partial charge in [0.2, 0.25) is 5.91 Å². The number of aliphatic imine (C=N–C) groups is 1. The Hall–Kier alpha value is -3.87. The summed E-state index contributed by atoms with van der Waals surface area (Å²) in [6.07, 6.45) is 19.5. The molecule has 0 saturated carbocycles. The minimum absolute atomic E-state index is 0.189. The molecule has 0 aliphatic carbocycles. The van der Waals surface area contributed by atoms with Crippen LogP contribution in [0, 0.1) is 0 Å². The number of carbonyl (C=O) groups excluding carboxylic acids is 2.